The molecule has 32 heavy (non-hydrogen) atoms. The number of anilines is 2. The number of ether oxygens (including phenoxy) is 1. The number of hydrogen-bond acceptors (Lipinski definition) is 7. The number of phenolic OH excluding ortho intramolecular Hbond substituents is 1. The molecule has 2 aromatic heterocycles. The molecule has 0 unspecified atom stereocenters. The quantitative estimate of drug-likeness (QED) is 0.521. The Morgan fingerprint density at radius 3 is 2.75 bits per heavy atom. The zero-order chi connectivity index (χ0) is 23.1. The largest absolute Gasteiger partial charge is 0.508 e. The minimum Gasteiger partial charge on any atom is -0.508 e. The molecule has 1 aromatic carbocycles. The number of rotatable bonds is 5. The molecule has 2 heterocycles. The average molecular weight is 433 g/mol. The lowest BCUT2D eigenvalue weighted by molar-refractivity contribution is 0.183. The average Bonchev–Trinajstić information content (AvgIpc) is 3.21. The van der Waals surface area contributed by atoms with Crippen molar-refractivity contribution >= 4 is 17.6 Å². The van der Waals surface area contributed by atoms with Crippen LogP contribution in [0.5, 0.6) is 5.75 Å². The Hall–Kier alpha value is -3.70. The summed E-state index contributed by atoms with van der Waals surface area (Å²) in [6.07, 6.45) is 10.9. The van der Waals surface area contributed by atoms with E-state index in [4.69, 9.17) is 15.4 Å². The second-order valence-corrected chi connectivity index (χ2v) is 7.73. The maximum atomic E-state index is 9.67. The molecule has 0 amide bonds. The lowest BCUT2D eigenvalue weighted by Crippen LogP contribution is -2.11. The number of aryl methyl sites for hydroxylation is 3. The Labute approximate surface area is 188 Å². The molecule has 0 saturated heterocycles. The number of methoxy groups -OCH3 is 1. The molecule has 0 aliphatic heterocycles. The summed E-state index contributed by atoms with van der Waals surface area (Å²) in [6, 6.07) is 5.57. The first-order valence-corrected chi connectivity index (χ1v) is 10.4. The van der Waals surface area contributed by atoms with Gasteiger partial charge >= 0.3 is 0 Å². The molecule has 3 N–H and O–H groups in total. The highest BCUT2D eigenvalue weighted by atomic mass is 16.5. The third-order valence-corrected chi connectivity index (χ3v) is 5.39. The van der Waals surface area contributed by atoms with Crippen molar-refractivity contribution in [3.05, 3.63) is 64.2 Å². The number of nitrogens with one attached hydrogen (secondary N) is 2. The smallest absolute Gasteiger partial charge is 0.120 e. The van der Waals surface area contributed by atoms with Crippen molar-refractivity contribution in [2.45, 2.75) is 39.2 Å². The number of fused-ring (bicyclic) bond motifs is 1. The second kappa shape index (κ2) is 10.6. The number of phenols is 1. The molecule has 166 valence electrons. The van der Waals surface area contributed by atoms with E-state index in [-0.39, 0.29) is 5.75 Å². The van der Waals surface area contributed by atoms with Crippen LogP contribution < -0.4 is 5.32 Å². The Bertz CT molecular complexity index is 1150. The zero-order valence-corrected chi connectivity index (χ0v) is 18.6. The highest BCUT2D eigenvalue weighted by molar-refractivity contribution is 5.88. The highest BCUT2D eigenvalue weighted by Gasteiger charge is 2.17. The van der Waals surface area contributed by atoms with Crippen molar-refractivity contribution in [1.82, 2.24) is 14.8 Å². The van der Waals surface area contributed by atoms with E-state index >= 15 is 0 Å². The molecule has 8 nitrogen and oxygen atoms in total. The molecular weight excluding hydrogens is 404 g/mol. The number of pyridine rings is 1. The summed E-state index contributed by atoms with van der Waals surface area (Å²) in [5.41, 5.74) is 7.11. The maximum absolute atomic E-state index is 9.67. The third-order valence-electron chi connectivity index (χ3n) is 5.39. The molecule has 0 fully saturated rings. The Morgan fingerprint density at radius 2 is 2.09 bits per heavy atom. The SMILES string of the molecule is COCc1c(C#N)cnc2c1CCCC2.Cc1cc(C=N)c(Nc2cnn(C)c2)cc1O. The number of benzene rings is 1. The van der Waals surface area contributed by atoms with Crippen LogP contribution in [0.2, 0.25) is 0 Å². The molecule has 0 spiro atoms. The van der Waals surface area contributed by atoms with Crippen molar-refractivity contribution < 1.29 is 9.84 Å². The first kappa shape index (κ1) is 23.0. The first-order chi connectivity index (χ1) is 15.5. The normalized spacial score (nSPS) is 12.2. The molecule has 0 saturated carbocycles. The monoisotopic (exact) mass is 432 g/mol. The van der Waals surface area contributed by atoms with Gasteiger partial charge in [0, 0.05) is 55.7 Å². The van der Waals surface area contributed by atoms with Crippen LogP contribution in [-0.2, 0) is 31.2 Å². The summed E-state index contributed by atoms with van der Waals surface area (Å²) in [7, 11) is 3.49. The van der Waals surface area contributed by atoms with Crippen LogP contribution >= 0.6 is 0 Å². The van der Waals surface area contributed by atoms with Gasteiger partial charge in [0.2, 0.25) is 0 Å². The van der Waals surface area contributed by atoms with E-state index in [0.29, 0.717) is 17.9 Å². The van der Waals surface area contributed by atoms with Crippen LogP contribution in [0.1, 0.15) is 46.4 Å². The molecule has 4 rings (SSSR count). The highest BCUT2D eigenvalue weighted by Crippen LogP contribution is 2.27. The minimum atomic E-state index is 0.210. The van der Waals surface area contributed by atoms with Gasteiger partial charge in [-0.25, -0.2) is 0 Å². The van der Waals surface area contributed by atoms with Gasteiger partial charge in [-0.05, 0) is 49.8 Å². The van der Waals surface area contributed by atoms with E-state index in [0.717, 1.165) is 40.9 Å². The molecule has 8 heteroatoms. The van der Waals surface area contributed by atoms with E-state index in [1.165, 1.54) is 24.6 Å². The van der Waals surface area contributed by atoms with Crippen LogP contribution in [0, 0.1) is 23.7 Å². The number of aromatic nitrogens is 3. The summed E-state index contributed by atoms with van der Waals surface area (Å²) in [6.45, 7) is 2.32. The molecule has 1 aliphatic rings. The lowest BCUT2D eigenvalue weighted by Gasteiger charge is -2.18. The Morgan fingerprint density at radius 1 is 1.31 bits per heavy atom. The Kier molecular flexibility index (Phi) is 7.58. The number of nitriles is 1. The van der Waals surface area contributed by atoms with Gasteiger partial charge in [0.25, 0.3) is 0 Å². The van der Waals surface area contributed by atoms with Crippen molar-refractivity contribution in [1.29, 1.82) is 10.7 Å². The molecule has 3 aromatic rings. The Balaban J connectivity index is 0.000000182. The van der Waals surface area contributed by atoms with Crippen molar-refractivity contribution in [2.24, 2.45) is 7.05 Å². The fourth-order valence-electron chi connectivity index (χ4n) is 3.73. The summed E-state index contributed by atoms with van der Waals surface area (Å²) in [5.74, 6) is 0.210. The molecule has 0 bridgehead atoms. The fraction of sp³-hybridized carbons (Fsp3) is 0.333. The van der Waals surface area contributed by atoms with Gasteiger partial charge in [-0.15, -0.1) is 0 Å². The van der Waals surface area contributed by atoms with E-state index < -0.39 is 0 Å². The number of aromatic hydroxyl groups is 1. The topological polar surface area (TPSA) is 120 Å². The predicted molar refractivity (Wildman–Crippen MR) is 124 cm³/mol. The molecule has 0 atom stereocenters. The summed E-state index contributed by atoms with van der Waals surface area (Å²) >= 11 is 0. The van der Waals surface area contributed by atoms with E-state index in [2.05, 4.69) is 21.5 Å². The van der Waals surface area contributed by atoms with Crippen molar-refractivity contribution in [3.8, 4) is 11.8 Å². The van der Waals surface area contributed by atoms with Gasteiger partial charge in [0.1, 0.15) is 11.8 Å². The summed E-state index contributed by atoms with van der Waals surface area (Å²) in [4.78, 5) is 4.35. The van der Waals surface area contributed by atoms with Crippen LogP contribution in [0.4, 0.5) is 11.4 Å². The van der Waals surface area contributed by atoms with E-state index in [9.17, 15) is 5.11 Å². The zero-order valence-electron chi connectivity index (χ0n) is 18.6. The summed E-state index contributed by atoms with van der Waals surface area (Å²) in [5, 5.41) is 33.2. The predicted octanol–water partition coefficient (Wildman–Crippen LogP) is 4.15. The van der Waals surface area contributed by atoms with Gasteiger partial charge in [0.15, 0.2) is 0 Å². The van der Waals surface area contributed by atoms with Gasteiger partial charge < -0.3 is 20.6 Å². The molecule has 1 aliphatic carbocycles. The standard InChI is InChI=1S/C12H14N4O.C12H14N2O/c1-8-3-9(5-13)11(4-12(8)17)15-10-6-14-16(2)7-10;1-15-8-11-9(6-13)7-14-12-5-3-2-4-10(11)12/h3-7,13,15,17H,1-2H3;7H,2-5,8H2,1H3. The van der Waals surface area contributed by atoms with Crippen LogP contribution in [0.3, 0.4) is 0 Å². The second-order valence-electron chi connectivity index (χ2n) is 7.73. The van der Waals surface area contributed by atoms with Gasteiger partial charge in [-0.3, -0.25) is 9.67 Å². The van der Waals surface area contributed by atoms with E-state index in [1.54, 1.807) is 43.2 Å². The van der Waals surface area contributed by atoms with Gasteiger partial charge in [-0.2, -0.15) is 10.4 Å². The van der Waals surface area contributed by atoms with Gasteiger partial charge in [0.05, 0.1) is 29.7 Å². The third kappa shape index (κ3) is 5.31. The lowest BCUT2D eigenvalue weighted by atomic mass is 9.90. The first-order valence-electron chi connectivity index (χ1n) is 10.4. The van der Waals surface area contributed by atoms with E-state index in [1.807, 2.05) is 13.2 Å². The van der Waals surface area contributed by atoms with Crippen molar-refractivity contribution in [3.63, 3.8) is 0 Å². The molecule has 0 radical (unpaired) electrons. The fourth-order valence-corrected chi connectivity index (χ4v) is 3.73. The number of nitrogens with zero attached hydrogens (tertiary/aromatic N) is 4. The molecular formula is C24H28N6O2. The maximum Gasteiger partial charge on any atom is 0.120 e. The van der Waals surface area contributed by atoms with Crippen LogP contribution in [0.15, 0.2) is 30.7 Å². The number of hydrogen-bond donors (Lipinski definition) is 3. The van der Waals surface area contributed by atoms with Crippen LogP contribution in [0.25, 0.3) is 0 Å². The van der Waals surface area contributed by atoms with Crippen molar-refractivity contribution in [2.75, 3.05) is 12.4 Å². The van der Waals surface area contributed by atoms with Crippen LogP contribution in [-0.4, -0.2) is 33.2 Å². The summed E-state index contributed by atoms with van der Waals surface area (Å²) < 4.78 is 6.84. The van der Waals surface area contributed by atoms with Gasteiger partial charge in [-0.1, -0.05) is 0 Å². The minimum absolute atomic E-state index is 0.210.